The summed E-state index contributed by atoms with van der Waals surface area (Å²) in [6, 6.07) is 7.28. The SMILES string of the molecule is C=CCC(C)NS(=O)(=O)CCSc1ccc(N)cc1. The largest absolute Gasteiger partial charge is 0.399 e. The Bertz CT molecular complexity index is 498. The van der Waals surface area contributed by atoms with Gasteiger partial charge in [-0.25, -0.2) is 13.1 Å². The predicted octanol–water partition coefficient (Wildman–Crippen LogP) is 2.24. The second-order valence-electron chi connectivity index (χ2n) is 4.28. The van der Waals surface area contributed by atoms with Gasteiger partial charge in [-0.3, -0.25) is 0 Å². The monoisotopic (exact) mass is 300 g/mol. The molecule has 1 atom stereocenters. The molecule has 3 N–H and O–H groups in total. The third kappa shape index (κ3) is 6.66. The molecule has 19 heavy (non-hydrogen) atoms. The third-order valence-electron chi connectivity index (χ3n) is 2.40. The normalized spacial score (nSPS) is 13.1. The minimum Gasteiger partial charge on any atom is -0.399 e. The van der Waals surface area contributed by atoms with Crippen molar-refractivity contribution in [3.05, 3.63) is 36.9 Å². The Hall–Kier alpha value is -0.980. The van der Waals surface area contributed by atoms with Gasteiger partial charge in [-0.1, -0.05) is 6.08 Å². The number of hydrogen-bond acceptors (Lipinski definition) is 4. The lowest BCUT2D eigenvalue weighted by atomic mass is 10.3. The number of nitrogens with one attached hydrogen (secondary N) is 1. The highest BCUT2D eigenvalue weighted by molar-refractivity contribution is 8.00. The number of hydrogen-bond donors (Lipinski definition) is 2. The van der Waals surface area contributed by atoms with Gasteiger partial charge in [-0.15, -0.1) is 18.3 Å². The summed E-state index contributed by atoms with van der Waals surface area (Å²) in [5.41, 5.74) is 6.29. The fourth-order valence-electron chi connectivity index (χ4n) is 1.50. The number of nitrogen functional groups attached to an aromatic ring is 1. The van der Waals surface area contributed by atoms with E-state index in [1.54, 1.807) is 18.2 Å². The smallest absolute Gasteiger partial charge is 0.212 e. The average molecular weight is 300 g/mol. The maximum absolute atomic E-state index is 11.8. The van der Waals surface area contributed by atoms with Gasteiger partial charge in [0.15, 0.2) is 0 Å². The Labute approximate surface area is 119 Å². The molecule has 106 valence electrons. The van der Waals surface area contributed by atoms with Crippen LogP contribution >= 0.6 is 11.8 Å². The standard InChI is InChI=1S/C13H20N2O2S2/c1-3-4-11(2)15-19(16,17)10-9-18-13-7-5-12(14)6-8-13/h3,5-8,11,15H,1,4,9-10,14H2,2H3. The fourth-order valence-corrected chi connectivity index (χ4v) is 4.10. The maximum atomic E-state index is 11.8. The van der Waals surface area contributed by atoms with Crippen molar-refractivity contribution in [1.29, 1.82) is 0 Å². The van der Waals surface area contributed by atoms with E-state index < -0.39 is 10.0 Å². The number of thioether (sulfide) groups is 1. The molecule has 0 aliphatic heterocycles. The highest BCUT2D eigenvalue weighted by atomic mass is 32.2. The Morgan fingerprint density at radius 2 is 2.05 bits per heavy atom. The van der Waals surface area contributed by atoms with Gasteiger partial charge >= 0.3 is 0 Å². The van der Waals surface area contributed by atoms with Crippen LogP contribution in [0.4, 0.5) is 5.69 Å². The molecule has 1 aromatic rings. The number of rotatable bonds is 8. The van der Waals surface area contributed by atoms with Crippen molar-refractivity contribution < 1.29 is 8.42 Å². The molecule has 0 aliphatic carbocycles. The molecule has 0 bridgehead atoms. The van der Waals surface area contributed by atoms with Gasteiger partial charge < -0.3 is 5.73 Å². The summed E-state index contributed by atoms with van der Waals surface area (Å²) in [4.78, 5) is 1.02. The summed E-state index contributed by atoms with van der Waals surface area (Å²) in [6.45, 7) is 5.42. The summed E-state index contributed by atoms with van der Waals surface area (Å²) in [7, 11) is -3.22. The zero-order chi connectivity index (χ0) is 14.3. The van der Waals surface area contributed by atoms with Crippen LogP contribution in [-0.2, 0) is 10.0 Å². The van der Waals surface area contributed by atoms with E-state index in [1.807, 2.05) is 19.1 Å². The molecule has 1 aromatic carbocycles. The third-order valence-corrected chi connectivity index (χ3v) is 5.18. The van der Waals surface area contributed by atoms with E-state index in [9.17, 15) is 8.42 Å². The van der Waals surface area contributed by atoms with Crippen LogP contribution in [0.15, 0.2) is 41.8 Å². The van der Waals surface area contributed by atoms with Crippen molar-refractivity contribution in [1.82, 2.24) is 4.72 Å². The second-order valence-corrected chi connectivity index (χ2v) is 7.32. The van der Waals surface area contributed by atoms with Crippen molar-refractivity contribution >= 4 is 27.5 Å². The molecular weight excluding hydrogens is 280 g/mol. The van der Waals surface area contributed by atoms with Gasteiger partial charge in [0.2, 0.25) is 10.0 Å². The maximum Gasteiger partial charge on any atom is 0.212 e. The lowest BCUT2D eigenvalue weighted by molar-refractivity contribution is 0.563. The Balaban J connectivity index is 2.39. The summed E-state index contributed by atoms with van der Waals surface area (Å²) >= 11 is 1.50. The van der Waals surface area contributed by atoms with Gasteiger partial charge in [-0.2, -0.15) is 0 Å². The van der Waals surface area contributed by atoms with Gasteiger partial charge in [0.05, 0.1) is 5.75 Å². The van der Waals surface area contributed by atoms with E-state index in [0.717, 1.165) is 4.90 Å². The van der Waals surface area contributed by atoms with Crippen LogP contribution in [0.25, 0.3) is 0 Å². The minimum absolute atomic E-state index is 0.101. The van der Waals surface area contributed by atoms with Crippen LogP contribution in [0.5, 0.6) is 0 Å². The molecule has 0 saturated carbocycles. The molecule has 0 saturated heterocycles. The predicted molar refractivity (Wildman–Crippen MR) is 82.8 cm³/mol. The summed E-state index contributed by atoms with van der Waals surface area (Å²) in [6.07, 6.45) is 2.33. The first kappa shape index (κ1) is 16.1. The second kappa shape index (κ2) is 7.57. The first-order valence-corrected chi connectivity index (χ1v) is 8.66. The zero-order valence-corrected chi connectivity index (χ0v) is 12.6. The molecule has 1 rings (SSSR count). The molecule has 0 radical (unpaired) electrons. The summed E-state index contributed by atoms with van der Waals surface area (Å²) < 4.78 is 26.2. The molecule has 0 spiro atoms. The van der Waals surface area contributed by atoms with E-state index in [2.05, 4.69) is 11.3 Å². The zero-order valence-electron chi connectivity index (χ0n) is 11.0. The molecule has 6 heteroatoms. The summed E-state index contributed by atoms with van der Waals surface area (Å²) in [5, 5.41) is 0. The van der Waals surface area contributed by atoms with Gasteiger partial charge in [0, 0.05) is 22.4 Å². The van der Waals surface area contributed by atoms with Gasteiger partial charge in [0.25, 0.3) is 0 Å². The van der Waals surface area contributed by atoms with E-state index in [4.69, 9.17) is 5.73 Å². The fraction of sp³-hybridized carbons (Fsp3) is 0.385. The van der Waals surface area contributed by atoms with Crippen LogP contribution < -0.4 is 10.5 Å². The van der Waals surface area contributed by atoms with Gasteiger partial charge in [-0.05, 0) is 37.6 Å². The minimum atomic E-state index is -3.22. The molecule has 4 nitrogen and oxygen atoms in total. The quantitative estimate of drug-likeness (QED) is 0.439. The topological polar surface area (TPSA) is 72.2 Å². The molecule has 0 aliphatic rings. The van der Waals surface area contributed by atoms with Crippen LogP contribution in [0.1, 0.15) is 13.3 Å². The number of anilines is 1. The molecule has 0 amide bonds. The van der Waals surface area contributed by atoms with Crippen molar-refractivity contribution in [2.24, 2.45) is 0 Å². The Morgan fingerprint density at radius 3 is 2.63 bits per heavy atom. The first-order valence-electron chi connectivity index (χ1n) is 6.02. The highest BCUT2D eigenvalue weighted by Crippen LogP contribution is 2.19. The van der Waals surface area contributed by atoms with E-state index >= 15 is 0 Å². The van der Waals surface area contributed by atoms with Crippen molar-refractivity contribution in [2.45, 2.75) is 24.3 Å². The Kier molecular flexibility index (Phi) is 6.41. The Morgan fingerprint density at radius 1 is 1.42 bits per heavy atom. The number of nitrogens with two attached hydrogens (primary N) is 1. The van der Waals surface area contributed by atoms with E-state index in [-0.39, 0.29) is 11.8 Å². The van der Waals surface area contributed by atoms with Crippen LogP contribution in [0.3, 0.4) is 0 Å². The molecule has 1 unspecified atom stereocenters. The van der Waals surface area contributed by atoms with Crippen molar-refractivity contribution in [2.75, 3.05) is 17.2 Å². The first-order chi connectivity index (χ1) is 8.93. The van der Waals surface area contributed by atoms with Crippen LogP contribution in [-0.4, -0.2) is 26.0 Å². The number of sulfonamides is 1. The molecule has 0 fully saturated rings. The van der Waals surface area contributed by atoms with Gasteiger partial charge in [0.1, 0.15) is 0 Å². The molecular formula is C13H20N2O2S2. The lowest BCUT2D eigenvalue weighted by Crippen LogP contribution is -2.34. The molecule has 0 heterocycles. The average Bonchev–Trinajstić information content (AvgIpc) is 2.31. The van der Waals surface area contributed by atoms with Crippen LogP contribution in [0, 0.1) is 0 Å². The van der Waals surface area contributed by atoms with Crippen molar-refractivity contribution in [3.63, 3.8) is 0 Å². The highest BCUT2D eigenvalue weighted by Gasteiger charge is 2.13. The summed E-state index contributed by atoms with van der Waals surface area (Å²) in [5.74, 6) is 0.615. The van der Waals surface area contributed by atoms with Crippen molar-refractivity contribution in [3.8, 4) is 0 Å². The van der Waals surface area contributed by atoms with E-state index in [1.165, 1.54) is 11.8 Å². The lowest BCUT2D eigenvalue weighted by Gasteiger charge is -2.12. The molecule has 0 aromatic heterocycles. The number of benzene rings is 1. The van der Waals surface area contributed by atoms with E-state index in [0.29, 0.717) is 17.9 Å². The van der Waals surface area contributed by atoms with Crippen LogP contribution in [0.2, 0.25) is 0 Å².